The summed E-state index contributed by atoms with van der Waals surface area (Å²) in [6, 6.07) is 7.94. The van der Waals surface area contributed by atoms with Crippen molar-refractivity contribution in [2.45, 2.75) is 31.3 Å². The summed E-state index contributed by atoms with van der Waals surface area (Å²) in [6.07, 6.45) is 3.09. The van der Waals surface area contributed by atoms with Gasteiger partial charge < -0.3 is 9.80 Å². The zero-order valence-electron chi connectivity index (χ0n) is 17.9. The number of aromatic nitrogens is 2. The number of hydrogen-bond acceptors (Lipinski definition) is 6. The van der Waals surface area contributed by atoms with Crippen molar-refractivity contribution in [1.82, 2.24) is 19.4 Å². The van der Waals surface area contributed by atoms with E-state index in [1.165, 1.54) is 22.2 Å². The second kappa shape index (κ2) is 8.41. The summed E-state index contributed by atoms with van der Waals surface area (Å²) in [7, 11) is 2.08. The molecular formula is C23H26N4O2S2. The summed E-state index contributed by atoms with van der Waals surface area (Å²) in [4.78, 5) is 37.6. The molecule has 3 aromatic rings. The molecule has 1 fully saturated rings. The molecule has 1 amide bonds. The third kappa shape index (κ3) is 3.92. The summed E-state index contributed by atoms with van der Waals surface area (Å²) in [6.45, 7) is 5.34. The average Bonchev–Trinajstić information content (AvgIpc) is 3.34. The summed E-state index contributed by atoms with van der Waals surface area (Å²) >= 11 is 3.02. The van der Waals surface area contributed by atoms with Gasteiger partial charge >= 0.3 is 0 Å². The SMILES string of the molecule is Cc1ccc(-n2c(SCC(=O)N3CCN(C)CC3)nc3sc4c(c3c2=O)CCC4)cc1. The Kier molecular flexibility index (Phi) is 5.62. The molecule has 0 unspecified atom stereocenters. The number of carbonyl (C=O) groups excluding carboxylic acids is 1. The van der Waals surface area contributed by atoms with Crippen molar-refractivity contribution >= 4 is 39.2 Å². The zero-order chi connectivity index (χ0) is 21.5. The van der Waals surface area contributed by atoms with Crippen molar-refractivity contribution in [2.24, 2.45) is 0 Å². The minimum atomic E-state index is -0.0113. The Balaban J connectivity index is 1.52. The fourth-order valence-electron chi connectivity index (χ4n) is 4.32. The molecule has 162 valence electrons. The van der Waals surface area contributed by atoms with Crippen LogP contribution in [0.15, 0.2) is 34.2 Å². The van der Waals surface area contributed by atoms with Crippen LogP contribution in [0.2, 0.25) is 0 Å². The second-order valence-electron chi connectivity index (χ2n) is 8.38. The molecule has 0 radical (unpaired) electrons. The van der Waals surface area contributed by atoms with Gasteiger partial charge in [-0.1, -0.05) is 29.5 Å². The van der Waals surface area contributed by atoms with Crippen LogP contribution in [0.5, 0.6) is 0 Å². The highest BCUT2D eigenvalue weighted by atomic mass is 32.2. The summed E-state index contributed by atoms with van der Waals surface area (Å²) in [5.41, 5.74) is 3.12. The number of hydrogen-bond donors (Lipinski definition) is 0. The monoisotopic (exact) mass is 454 g/mol. The Morgan fingerprint density at radius 2 is 1.87 bits per heavy atom. The van der Waals surface area contributed by atoms with Gasteiger partial charge in [0.05, 0.1) is 16.8 Å². The van der Waals surface area contributed by atoms with E-state index in [1.807, 2.05) is 36.1 Å². The molecule has 2 aliphatic rings. The van der Waals surface area contributed by atoms with Gasteiger partial charge in [0.15, 0.2) is 5.16 Å². The number of rotatable bonds is 4. The lowest BCUT2D eigenvalue weighted by Gasteiger charge is -2.32. The molecule has 0 saturated carbocycles. The predicted molar refractivity (Wildman–Crippen MR) is 127 cm³/mol. The highest BCUT2D eigenvalue weighted by molar-refractivity contribution is 7.99. The van der Waals surface area contributed by atoms with Gasteiger partial charge in [0.25, 0.3) is 5.56 Å². The number of fused-ring (bicyclic) bond motifs is 3. The number of carbonyl (C=O) groups is 1. The van der Waals surface area contributed by atoms with E-state index in [4.69, 9.17) is 4.98 Å². The van der Waals surface area contributed by atoms with E-state index in [2.05, 4.69) is 11.9 Å². The maximum absolute atomic E-state index is 13.7. The summed E-state index contributed by atoms with van der Waals surface area (Å²) in [5, 5.41) is 1.37. The maximum atomic E-state index is 13.7. The molecule has 8 heteroatoms. The normalized spacial score (nSPS) is 16.8. The quantitative estimate of drug-likeness (QED) is 0.448. The maximum Gasteiger partial charge on any atom is 0.267 e. The van der Waals surface area contributed by atoms with Crippen molar-refractivity contribution in [3.05, 3.63) is 50.6 Å². The van der Waals surface area contributed by atoms with E-state index < -0.39 is 0 Å². The molecule has 1 aliphatic carbocycles. The molecule has 6 nitrogen and oxygen atoms in total. The van der Waals surface area contributed by atoms with Crippen LogP contribution in [0, 0.1) is 6.92 Å². The summed E-state index contributed by atoms with van der Waals surface area (Å²) in [5.74, 6) is 0.398. The number of amides is 1. The van der Waals surface area contributed by atoms with Crippen LogP contribution < -0.4 is 5.56 Å². The highest BCUT2D eigenvalue weighted by Crippen LogP contribution is 2.36. The number of thioether (sulfide) groups is 1. The second-order valence-corrected chi connectivity index (χ2v) is 10.4. The molecule has 2 aromatic heterocycles. The van der Waals surface area contributed by atoms with Gasteiger partial charge in [0.1, 0.15) is 4.83 Å². The number of aryl methyl sites for hydroxylation is 3. The lowest BCUT2D eigenvalue weighted by atomic mass is 10.2. The molecule has 0 atom stereocenters. The van der Waals surface area contributed by atoms with Crippen LogP contribution in [0.1, 0.15) is 22.4 Å². The van der Waals surface area contributed by atoms with Crippen LogP contribution in [-0.4, -0.2) is 64.2 Å². The Bertz CT molecular complexity index is 1190. The lowest BCUT2D eigenvalue weighted by molar-refractivity contribution is -0.129. The molecule has 1 aromatic carbocycles. The predicted octanol–water partition coefficient (Wildman–Crippen LogP) is 3.11. The van der Waals surface area contributed by atoms with Gasteiger partial charge in [-0.25, -0.2) is 4.98 Å². The van der Waals surface area contributed by atoms with Crippen molar-refractivity contribution in [3.8, 4) is 5.69 Å². The summed E-state index contributed by atoms with van der Waals surface area (Å²) < 4.78 is 1.70. The van der Waals surface area contributed by atoms with Gasteiger partial charge in [-0.05, 0) is 50.9 Å². The van der Waals surface area contributed by atoms with Crippen molar-refractivity contribution in [1.29, 1.82) is 0 Å². The van der Waals surface area contributed by atoms with Gasteiger partial charge in [-0.2, -0.15) is 0 Å². The third-order valence-electron chi connectivity index (χ3n) is 6.18. The van der Waals surface area contributed by atoms with Gasteiger partial charge in [-0.3, -0.25) is 14.2 Å². The van der Waals surface area contributed by atoms with E-state index in [1.54, 1.807) is 15.9 Å². The van der Waals surface area contributed by atoms with E-state index in [0.717, 1.165) is 66.9 Å². The molecule has 3 heterocycles. The smallest absolute Gasteiger partial charge is 0.267 e. The Morgan fingerprint density at radius 1 is 1.13 bits per heavy atom. The third-order valence-corrected chi connectivity index (χ3v) is 8.29. The number of piperazine rings is 1. The van der Waals surface area contributed by atoms with Gasteiger partial charge in [-0.15, -0.1) is 11.3 Å². The first-order valence-electron chi connectivity index (χ1n) is 10.7. The first-order valence-corrected chi connectivity index (χ1v) is 12.5. The Morgan fingerprint density at radius 3 is 2.61 bits per heavy atom. The first-order chi connectivity index (χ1) is 15.0. The lowest BCUT2D eigenvalue weighted by Crippen LogP contribution is -2.47. The number of nitrogens with zero attached hydrogens (tertiary/aromatic N) is 4. The molecule has 0 spiro atoms. The van der Waals surface area contributed by atoms with Crippen molar-refractivity contribution in [3.63, 3.8) is 0 Å². The van der Waals surface area contributed by atoms with Crippen LogP contribution in [0.25, 0.3) is 15.9 Å². The number of benzene rings is 1. The topological polar surface area (TPSA) is 58.4 Å². The molecule has 1 aliphatic heterocycles. The standard InChI is InChI=1S/C23H26N4O2S2/c1-15-6-8-16(9-7-15)27-22(29)20-17-4-3-5-18(17)31-21(20)24-23(27)30-14-19(28)26-12-10-25(2)11-13-26/h6-9H,3-5,10-14H2,1-2H3. The fraction of sp³-hybridized carbons (Fsp3) is 0.435. The first kappa shape index (κ1) is 20.7. The van der Waals surface area contributed by atoms with Crippen LogP contribution >= 0.6 is 23.1 Å². The highest BCUT2D eigenvalue weighted by Gasteiger charge is 2.25. The van der Waals surface area contributed by atoms with Gasteiger partial charge in [0, 0.05) is 31.1 Å². The Labute approximate surface area is 189 Å². The number of likely N-dealkylation sites (N-methyl/N-ethyl adjacent to an activating group) is 1. The minimum absolute atomic E-state index is 0.0113. The molecular weight excluding hydrogens is 428 g/mol. The van der Waals surface area contributed by atoms with Crippen molar-refractivity contribution < 1.29 is 4.79 Å². The van der Waals surface area contributed by atoms with E-state index in [0.29, 0.717) is 10.9 Å². The zero-order valence-corrected chi connectivity index (χ0v) is 19.5. The molecule has 0 N–H and O–H groups in total. The number of thiophene rings is 1. The van der Waals surface area contributed by atoms with E-state index in [-0.39, 0.29) is 11.5 Å². The van der Waals surface area contributed by atoms with E-state index >= 15 is 0 Å². The molecule has 5 rings (SSSR count). The van der Waals surface area contributed by atoms with Crippen LogP contribution in [-0.2, 0) is 17.6 Å². The molecule has 1 saturated heterocycles. The molecule has 31 heavy (non-hydrogen) atoms. The Hall–Kier alpha value is -2.16. The van der Waals surface area contributed by atoms with Crippen molar-refractivity contribution in [2.75, 3.05) is 39.0 Å². The fourth-order valence-corrected chi connectivity index (χ4v) is 6.53. The minimum Gasteiger partial charge on any atom is -0.339 e. The van der Waals surface area contributed by atoms with E-state index in [9.17, 15) is 9.59 Å². The van der Waals surface area contributed by atoms with Crippen LogP contribution in [0.4, 0.5) is 0 Å². The molecule has 0 bridgehead atoms. The van der Waals surface area contributed by atoms with Crippen LogP contribution in [0.3, 0.4) is 0 Å². The average molecular weight is 455 g/mol. The largest absolute Gasteiger partial charge is 0.339 e. The van der Waals surface area contributed by atoms with Gasteiger partial charge in [0.2, 0.25) is 5.91 Å².